The number of amides is 1. The minimum Gasteiger partial charge on any atom is -0.378 e. The Morgan fingerprint density at radius 3 is 2.38 bits per heavy atom. The maximum absolute atomic E-state index is 13.4. The van der Waals surface area contributed by atoms with Gasteiger partial charge in [-0.05, 0) is 61.2 Å². The second kappa shape index (κ2) is 8.52. The highest BCUT2D eigenvalue weighted by Crippen LogP contribution is 2.39. The van der Waals surface area contributed by atoms with Crippen LogP contribution in [-0.2, 0) is 6.42 Å². The molecule has 3 aromatic rings. The molecular weight excluding hydrogens is 356 g/mol. The van der Waals surface area contributed by atoms with E-state index < -0.39 is 0 Å². The van der Waals surface area contributed by atoms with Gasteiger partial charge in [0.1, 0.15) is 0 Å². The van der Waals surface area contributed by atoms with E-state index in [9.17, 15) is 4.79 Å². The van der Waals surface area contributed by atoms with Crippen molar-refractivity contribution in [3.8, 4) is 0 Å². The summed E-state index contributed by atoms with van der Waals surface area (Å²) in [5.74, 6) is 0.0751. The van der Waals surface area contributed by atoms with Gasteiger partial charge in [0.05, 0.1) is 6.04 Å². The first-order valence-corrected chi connectivity index (χ1v) is 10.5. The van der Waals surface area contributed by atoms with Gasteiger partial charge in [0, 0.05) is 23.0 Å². The van der Waals surface area contributed by atoms with Crippen LogP contribution in [0.15, 0.2) is 78.9 Å². The Balaban J connectivity index is 1.63. The van der Waals surface area contributed by atoms with Gasteiger partial charge in [0.2, 0.25) is 0 Å². The number of nitrogens with zero attached hydrogens (tertiary/aromatic N) is 1. The van der Waals surface area contributed by atoms with Crippen LogP contribution in [-0.4, -0.2) is 11.9 Å². The Morgan fingerprint density at radius 1 is 0.966 bits per heavy atom. The molecule has 29 heavy (non-hydrogen) atoms. The van der Waals surface area contributed by atoms with Crippen LogP contribution >= 0.6 is 0 Å². The molecule has 148 valence electrons. The minimum absolute atomic E-state index is 0.0751. The molecule has 0 saturated heterocycles. The van der Waals surface area contributed by atoms with Crippen molar-refractivity contribution in [1.29, 1.82) is 0 Å². The van der Waals surface area contributed by atoms with E-state index in [0.717, 1.165) is 36.2 Å². The van der Waals surface area contributed by atoms with Gasteiger partial charge in [-0.3, -0.25) is 4.79 Å². The molecule has 0 aromatic heterocycles. The van der Waals surface area contributed by atoms with E-state index in [1.807, 2.05) is 41.3 Å². The summed E-state index contributed by atoms with van der Waals surface area (Å²) >= 11 is 0. The molecule has 0 radical (unpaired) electrons. The lowest BCUT2D eigenvalue weighted by molar-refractivity contribution is 0.0974. The number of para-hydroxylation sites is 2. The molecule has 0 unspecified atom stereocenters. The van der Waals surface area contributed by atoms with Crippen LogP contribution in [0, 0.1) is 0 Å². The second-order valence-corrected chi connectivity index (χ2v) is 7.83. The summed E-state index contributed by atoms with van der Waals surface area (Å²) in [6, 6.07) is 26.9. The molecule has 3 nitrogen and oxygen atoms in total. The molecule has 3 heteroatoms. The van der Waals surface area contributed by atoms with Crippen molar-refractivity contribution in [1.82, 2.24) is 0 Å². The average Bonchev–Trinajstić information content (AvgIpc) is 2.75. The van der Waals surface area contributed by atoms with Crippen molar-refractivity contribution in [2.75, 3.05) is 10.2 Å². The number of carbonyl (C=O) groups excluding carboxylic acids is 1. The first kappa shape index (κ1) is 19.3. The highest BCUT2D eigenvalue weighted by molar-refractivity contribution is 6.07. The number of aryl methyl sites for hydroxylation is 1. The van der Waals surface area contributed by atoms with Crippen LogP contribution in [0.3, 0.4) is 0 Å². The number of hydrogen-bond donors (Lipinski definition) is 1. The lowest BCUT2D eigenvalue weighted by Crippen LogP contribution is -2.44. The van der Waals surface area contributed by atoms with Gasteiger partial charge in [0.25, 0.3) is 5.91 Å². The Morgan fingerprint density at radius 2 is 1.66 bits per heavy atom. The summed E-state index contributed by atoms with van der Waals surface area (Å²) in [4.78, 5) is 15.4. The Bertz CT molecular complexity index is 966. The SMILES string of the molecule is CCCc1ccc(C(=O)N2c3ccccc3[C@H](Nc3ccccc3)C[C@H]2C)cc1. The van der Waals surface area contributed by atoms with Crippen LogP contribution in [0.2, 0.25) is 0 Å². The van der Waals surface area contributed by atoms with E-state index in [-0.39, 0.29) is 18.0 Å². The van der Waals surface area contributed by atoms with Gasteiger partial charge in [-0.15, -0.1) is 0 Å². The molecule has 1 N–H and O–H groups in total. The lowest BCUT2D eigenvalue weighted by atomic mass is 9.90. The first-order valence-electron chi connectivity index (χ1n) is 10.5. The summed E-state index contributed by atoms with van der Waals surface area (Å²) in [6.07, 6.45) is 3.02. The zero-order chi connectivity index (χ0) is 20.2. The number of hydrogen-bond acceptors (Lipinski definition) is 2. The number of fused-ring (bicyclic) bond motifs is 1. The van der Waals surface area contributed by atoms with Crippen molar-refractivity contribution < 1.29 is 4.79 Å². The zero-order valence-corrected chi connectivity index (χ0v) is 17.1. The number of nitrogens with one attached hydrogen (secondary N) is 1. The lowest BCUT2D eigenvalue weighted by Gasteiger charge is -2.40. The quantitative estimate of drug-likeness (QED) is 0.565. The smallest absolute Gasteiger partial charge is 0.258 e. The molecule has 3 aromatic carbocycles. The van der Waals surface area contributed by atoms with E-state index in [4.69, 9.17) is 0 Å². The van der Waals surface area contributed by atoms with Crippen molar-refractivity contribution in [2.45, 2.75) is 45.2 Å². The molecular formula is C26H28N2O. The van der Waals surface area contributed by atoms with Gasteiger partial charge in [-0.2, -0.15) is 0 Å². The maximum atomic E-state index is 13.4. The van der Waals surface area contributed by atoms with E-state index in [0.29, 0.717) is 0 Å². The topological polar surface area (TPSA) is 32.3 Å². The van der Waals surface area contributed by atoms with Crippen molar-refractivity contribution in [3.05, 3.63) is 95.6 Å². The standard InChI is InChI=1S/C26H28N2O/c1-3-9-20-14-16-21(17-15-20)26(29)28-19(2)18-24(23-12-7-8-13-25(23)28)27-22-10-5-4-6-11-22/h4-8,10-17,19,24,27H,3,9,18H2,1-2H3/t19-,24-/m1/s1. The minimum atomic E-state index is 0.0751. The van der Waals surface area contributed by atoms with Crippen molar-refractivity contribution >= 4 is 17.3 Å². The maximum Gasteiger partial charge on any atom is 0.258 e. The van der Waals surface area contributed by atoms with Crippen LogP contribution in [0.4, 0.5) is 11.4 Å². The molecule has 1 aliphatic rings. The second-order valence-electron chi connectivity index (χ2n) is 7.83. The first-order chi connectivity index (χ1) is 14.2. The normalized spacial score (nSPS) is 18.2. The van der Waals surface area contributed by atoms with Crippen LogP contribution in [0.25, 0.3) is 0 Å². The molecule has 4 rings (SSSR count). The molecule has 0 fully saturated rings. The highest BCUT2D eigenvalue weighted by atomic mass is 16.2. The fraction of sp³-hybridized carbons (Fsp3) is 0.269. The molecule has 0 spiro atoms. The predicted molar refractivity (Wildman–Crippen MR) is 121 cm³/mol. The highest BCUT2D eigenvalue weighted by Gasteiger charge is 2.34. The van der Waals surface area contributed by atoms with E-state index in [1.54, 1.807) is 0 Å². The average molecular weight is 385 g/mol. The zero-order valence-electron chi connectivity index (χ0n) is 17.1. The number of anilines is 2. The number of benzene rings is 3. The number of carbonyl (C=O) groups is 1. The molecule has 2 atom stereocenters. The van der Waals surface area contributed by atoms with Gasteiger partial charge in [-0.25, -0.2) is 0 Å². The third kappa shape index (κ3) is 4.04. The Labute approximate surface area is 173 Å². The van der Waals surface area contributed by atoms with Gasteiger partial charge in [0.15, 0.2) is 0 Å². The molecule has 1 amide bonds. The van der Waals surface area contributed by atoms with Crippen molar-refractivity contribution in [3.63, 3.8) is 0 Å². The van der Waals surface area contributed by atoms with Gasteiger partial charge in [-0.1, -0.05) is 61.9 Å². The molecule has 0 aliphatic carbocycles. The van der Waals surface area contributed by atoms with Crippen LogP contribution < -0.4 is 10.2 Å². The summed E-state index contributed by atoms with van der Waals surface area (Å²) in [7, 11) is 0. The summed E-state index contributed by atoms with van der Waals surface area (Å²) in [6.45, 7) is 4.31. The fourth-order valence-corrected chi connectivity index (χ4v) is 4.24. The van der Waals surface area contributed by atoms with Gasteiger partial charge >= 0.3 is 0 Å². The largest absolute Gasteiger partial charge is 0.378 e. The summed E-state index contributed by atoms with van der Waals surface area (Å²) in [5, 5.41) is 3.65. The predicted octanol–water partition coefficient (Wildman–Crippen LogP) is 6.23. The monoisotopic (exact) mass is 384 g/mol. The Kier molecular flexibility index (Phi) is 5.66. The summed E-state index contributed by atoms with van der Waals surface area (Å²) < 4.78 is 0. The fourth-order valence-electron chi connectivity index (χ4n) is 4.24. The molecule has 1 heterocycles. The van der Waals surface area contributed by atoms with E-state index in [1.165, 1.54) is 11.1 Å². The van der Waals surface area contributed by atoms with Gasteiger partial charge < -0.3 is 10.2 Å². The van der Waals surface area contributed by atoms with E-state index >= 15 is 0 Å². The molecule has 1 aliphatic heterocycles. The summed E-state index contributed by atoms with van der Waals surface area (Å²) in [5.41, 5.74) is 5.31. The van der Waals surface area contributed by atoms with Crippen LogP contribution in [0.1, 0.15) is 54.2 Å². The third-order valence-corrected chi connectivity index (χ3v) is 5.66. The Hall–Kier alpha value is -3.07. The van der Waals surface area contributed by atoms with E-state index in [2.05, 4.69) is 61.6 Å². The number of rotatable bonds is 5. The third-order valence-electron chi connectivity index (χ3n) is 5.66. The van der Waals surface area contributed by atoms with Crippen molar-refractivity contribution in [2.24, 2.45) is 0 Å². The molecule has 0 bridgehead atoms. The van der Waals surface area contributed by atoms with Crippen LogP contribution in [0.5, 0.6) is 0 Å². The molecule has 0 saturated carbocycles.